The molecule has 13 heteroatoms. The van der Waals surface area contributed by atoms with Crippen molar-refractivity contribution in [3.63, 3.8) is 0 Å². The number of primary amides is 1. The number of aliphatic hydroxyl groups excluding tert-OH is 1. The van der Waals surface area contributed by atoms with Crippen LogP contribution in [0.25, 0.3) is 0 Å². The standard InChI is InChI=1S/C32H44N4O9/c1-31(2,3)44-29(42)24(18-20-10-8-7-9-11-20)34-27(40)26(21-12-14-22(38)15-13-21)36(16-17-37)28(41)23(19-25(33)39)35-30(43)45-32(4,5)6/h7-15,23-24,26,37-38H,16-19H2,1-6H3,(H2,33,39)(H,34,40)(H,35,43). The number of benzene rings is 2. The van der Waals surface area contributed by atoms with Crippen molar-refractivity contribution < 1.29 is 43.7 Å². The Morgan fingerprint density at radius 1 is 0.844 bits per heavy atom. The number of alkyl carbamates (subject to hydrolysis) is 1. The van der Waals surface area contributed by atoms with Crippen molar-refractivity contribution in [3.05, 3.63) is 65.7 Å². The number of carbonyl (C=O) groups is 5. The van der Waals surface area contributed by atoms with E-state index in [4.69, 9.17) is 15.2 Å². The normalized spacial score (nSPS) is 13.5. The maximum absolute atomic E-state index is 14.1. The molecule has 0 heterocycles. The number of rotatable bonds is 13. The second kappa shape index (κ2) is 15.9. The Bertz CT molecular complexity index is 1320. The van der Waals surface area contributed by atoms with Crippen molar-refractivity contribution >= 4 is 29.8 Å². The van der Waals surface area contributed by atoms with Gasteiger partial charge in [-0.3, -0.25) is 14.4 Å². The van der Waals surface area contributed by atoms with Gasteiger partial charge in [-0.1, -0.05) is 42.5 Å². The van der Waals surface area contributed by atoms with Gasteiger partial charge >= 0.3 is 12.1 Å². The molecule has 2 aromatic rings. The van der Waals surface area contributed by atoms with Crippen molar-refractivity contribution in [2.75, 3.05) is 13.2 Å². The van der Waals surface area contributed by atoms with Crippen LogP contribution in [0.5, 0.6) is 5.75 Å². The molecule has 13 nitrogen and oxygen atoms in total. The highest BCUT2D eigenvalue weighted by Gasteiger charge is 2.38. The molecule has 45 heavy (non-hydrogen) atoms. The molecule has 0 saturated carbocycles. The van der Waals surface area contributed by atoms with E-state index >= 15 is 0 Å². The molecule has 6 N–H and O–H groups in total. The van der Waals surface area contributed by atoms with E-state index < -0.39 is 78.7 Å². The van der Waals surface area contributed by atoms with Crippen molar-refractivity contribution in [3.8, 4) is 5.75 Å². The Balaban J connectivity index is 2.57. The lowest BCUT2D eigenvalue weighted by atomic mass is 10.00. The molecule has 0 aliphatic rings. The van der Waals surface area contributed by atoms with Gasteiger partial charge in [0.1, 0.15) is 35.1 Å². The van der Waals surface area contributed by atoms with Crippen LogP contribution in [0.15, 0.2) is 54.6 Å². The van der Waals surface area contributed by atoms with Gasteiger partial charge in [-0.25, -0.2) is 9.59 Å². The summed E-state index contributed by atoms with van der Waals surface area (Å²) in [5, 5.41) is 24.9. The summed E-state index contributed by atoms with van der Waals surface area (Å²) in [6, 6.07) is 10.0. The van der Waals surface area contributed by atoms with E-state index in [1.54, 1.807) is 71.9 Å². The quantitative estimate of drug-likeness (QED) is 0.206. The van der Waals surface area contributed by atoms with E-state index in [-0.39, 0.29) is 17.7 Å². The van der Waals surface area contributed by atoms with Gasteiger partial charge in [0.15, 0.2) is 0 Å². The van der Waals surface area contributed by atoms with Crippen molar-refractivity contribution in [1.29, 1.82) is 0 Å². The molecule has 246 valence electrons. The molecular weight excluding hydrogens is 584 g/mol. The van der Waals surface area contributed by atoms with Crippen LogP contribution in [-0.4, -0.2) is 81.3 Å². The first-order valence-electron chi connectivity index (χ1n) is 14.5. The van der Waals surface area contributed by atoms with Crippen molar-refractivity contribution in [1.82, 2.24) is 15.5 Å². The fourth-order valence-electron chi connectivity index (χ4n) is 4.32. The Morgan fingerprint density at radius 3 is 1.93 bits per heavy atom. The predicted molar refractivity (Wildman–Crippen MR) is 165 cm³/mol. The number of nitrogens with two attached hydrogens (primary N) is 1. The maximum Gasteiger partial charge on any atom is 0.408 e. The van der Waals surface area contributed by atoms with Crippen LogP contribution in [0.3, 0.4) is 0 Å². The van der Waals surface area contributed by atoms with Gasteiger partial charge in [0.2, 0.25) is 17.7 Å². The third kappa shape index (κ3) is 12.5. The molecular formula is C32H44N4O9. The zero-order chi connectivity index (χ0) is 33.9. The average Bonchev–Trinajstić information content (AvgIpc) is 2.91. The first kappa shape index (κ1) is 36.5. The summed E-state index contributed by atoms with van der Waals surface area (Å²) in [4.78, 5) is 66.9. The minimum atomic E-state index is -1.57. The number of carbonyl (C=O) groups excluding carboxylic acids is 5. The largest absolute Gasteiger partial charge is 0.508 e. The smallest absolute Gasteiger partial charge is 0.408 e. The van der Waals surface area contributed by atoms with Crippen LogP contribution in [-0.2, 0) is 35.1 Å². The Morgan fingerprint density at radius 2 is 1.42 bits per heavy atom. The zero-order valence-corrected chi connectivity index (χ0v) is 26.5. The second-order valence-corrected chi connectivity index (χ2v) is 12.4. The number of phenolic OH excluding ortho intramolecular Hbond substituents is 1. The summed E-state index contributed by atoms with van der Waals surface area (Å²) in [6.07, 6.45) is -1.59. The van der Waals surface area contributed by atoms with Crippen LogP contribution in [0.2, 0.25) is 0 Å². The Kier molecular flexibility index (Phi) is 12.9. The van der Waals surface area contributed by atoms with Gasteiger partial charge in [0, 0.05) is 13.0 Å². The van der Waals surface area contributed by atoms with Crippen LogP contribution in [0.4, 0.5) is 4.79 Å². The number of esters is 1. The molecule has 0 spiro atoms. The lowest BCUT2D eigenvalue weighted by molar-refractivity contribution is -0.159. The predicted octanol–water partition coefficient (Wildman–Crippen LogP) is 2.09. The van der Waals surface area contributed by atoms with Gasteiger partial charge in [0.05, 0.1) is 13.0 Å². The number of ether oxygens (including phenoxy) is 2. The molecule has 0 saturated heterocycles. The van der Waals surface area contributed by atoms with Crippen LogP contribution >= 0.6 is 0 Å². The Hall–Kier alpha value is -4.65. The third-order valence-electron chi connectivity index (χ3n) is 6.08. The van der Waals surface area contributed by atoms with E-state index in [1.807, 2.05) is 0 Å². The minimum absolute atomic E-state index is 0.0578. The van der Waals surface area contributed by atoms with Gasteiger partial charge in [-0.15, -0.1) is 0 Å². The molecule has 0 aliphatic heterocycles. The number of nitrogens with one attached hydrogen (secondary N) is 2. The summed E-state index contributed by atoms with van der Waals surface area (Å²) in [7, 11) is 0. The lowest BCUT2D eigenvalue weighted by Gasteiger charge is -2.34. The molecule has 0 fully saturated rings. The number of hydrogen-bond acceptors (Lipinski definition) is 9. The first-order chi connectivity index (χ1) is 20.9. The third-order valence-corrected chi connectivity index (χ3v) is 6.08. The van der Waals surface area contributed by atoms with E-state index in [2.05, 4.69) is 10.6 Å². The minimum Gasteiger partial charge on any atom is -0.508 e. The molecule has 0 bridgehead atoms. The molecule has 3 atom stereocenters. The number of aliphatic hydroxyl groups is 1. The summed E-state index contributed by atoms with van der Waals surface area (Å²) in [5.41, 5.74) is 4.50. The van der Waals surface area contributed by atoms with E-state index in [1.165, 1.54) is 24.3 Å². The van der Waals surface area contributed by atoms with E-state index in [0.717, 1.165) is 10.5 Å². The molecule has 2 aromatic carbocycles. The Labute approximate surface area is 263 Å². The first-order valence-corrected chi connectivity index (χ1v) is 14.5. The van der Waals surface area contributed by atoms with Gasteiger partial charge in [0.25, 0.3) is 0 Å². The topological polar surface area (TPSA) is 198 Å². The molecule has 2 rings (SSSR count). The fourth-order valence-corrected chi connectivity index (χ4v) is 4.32. The summed E-state index contributed by atoms with van der Waals surface area (Å²) in [5.74, 6) is -3.52. The van der Waals surface area contributed by atoms with Gasteiger partial charge < -0.3 is 41.0 Å². The van der Waals surface area contributed by atoms with E-state index in [9.17, 15) is 34.2 Å². The number of amides is 4. The number of aromatic hydroxyl groups is 1. The van der Waals surface area contributed by atoms with Crippen LogP contribution < -0.4 is 16.4 Å². The van der Waals surface area contributed by atoms with Crippen LogP contribution in [0.1, 0.15) is 65.1 Å². The van der Waals surface area contributed by atoms with E-state index in [0.29, 0.717) is 0 Å². The lowest BCUT2D eigenvalue weighted by Crippen LogP contribution is -2.56. The molecule has 0 radical (unpaired) electrons. The summed E-state index contributed by atoms with van der Waals surface area (Å²) in [6.45, 7) is 8.85. The van der Waals surface area contributed by atoms with Crippen molar-refractivity contribution in [2.45, 2.75) is 83.7 Å². The van der Waals surface area contributed by atoms with Crippen LogP contribution in [0, 0.1) is 0 Å². The average molecular weight is 629 g/mol. The number of hydrogen-bond donors (Lipinski definition) is 5. The SMILES string of the molecule is CC(C)(C)OC(=O)NC(CC(N)=O)C(=O)N(CCO)C(C(=O)NC(Cc1ccccc1)C(=O)OC(C)(C)C)c1ccc(O)cc1. The van der Waals surface area contributed by atoms with Crippen molar-refractivity contribution in [2.24, 2.45) is 5.73 Å². The molecule has 4 amide bonds. The highest BCUT2D eigenvalue weighted by atomic mass is 16.6. The second-order valence-electron chi connectivity index (χ2n) is 12.4. The number of nitrogens with zero attached hydrogens (tertiary/aromatic N) is 1. The van der Waals surface area contributed by atoms with Gasteiger partial charge in [-0.05, 0) is 64.8 Å². The zero-order valence-electron chi connectivity index (χ0n) is 26.5. The fraction of sp³-hybridized carbons (Fsp3) is 0.469. The monoisotopic (exact) mass is 628 g/mol. The molecule has 3 unspecified atom stereocenters. The summed E-state index contributed by atoms with van der Waals surface area (Å²) < 4.78 is 10.8. The molecule has 0 aromatic heterocycles. The highest BCUT2D eigenvalue weighted by molar-refractivity contribution is 5.95. The maximum atomic E-state index is 14.1. The van der Waals surface area contributed by atoms with Gasteiger partial charge in [-0.2, -0.15) is 0 Å². The molecule has 0 aliphatic carbocycles. The summed E-state index contributed by atoms with van der Waals surface area (Å²) >= 11 is 0. The number of phenols is 1. The highest BCUT2D eigenvalue weighted by Crippen LogP contribution is 2.25.